The maximum absolute atomic E-state index is 10.9. The van der Waals surface area contributed by atoms with Crippen LogP contribution >= 0.6 is 0 Å². The van der Waals surface area contributed by atoms with E-state index in [9.17, 15) is 4.79 Å². The third-order valence-corrected chi connectivity index (χ3v) is 3.83. The van der Waals surface area contributed by atoms with Crippen LogP contribution in [-0.4, -0.2) is 30.3 Å². The molecule has 0 radical (unpaired) electrons. The van der Waals surface area contributed by atoms with E-state index in [0.717, 1.165) is 31.7 Å². The molecule has 4 heteroatoms. The molecular weight excluding hydrogens is 254 g/mol. The number of rotatable bonds is 6. The van der Waals surface area contributed by atoms with E-state index in [1.165, 1.54) is 18.4 Å². The Hall–Kier alpha value is -1.39. The van der Waals surface area contributed by atoms with Crippen molar-refractivity contribution < 1.29 is 14.6 Å². The van der Waals surface area contributed by atoms with Gasteiger partial charge in [-0.2, -0.15) is 0 Å². The van der Waals surface area contributed by atoms with Crippen molar-refractivity contribution in [2.24, 2.45) is 0 Å². The third-order valence-electron chi connectivity index (χ3n) is 3.83. The minimum absolute atomic E-state index is 0.343. The predicted octanol–water partition coefficient (Wildman–Crippen LogP) is 2.53. The van der Waals surface area contributed by atoms with Gasteiger partial charge in [-0.15, -0.1) is 0 Å². The molecule has 1 fully saturated rings. The van der Waals surface area contributed by atoms with E-state index in [2.05, 4.69) is 5.32 Å². The number of benzene rings is 1. The molecule has 2 unspecified atom stereocenters. The van der Waals surface area contributed by atoms with E-state index in [0.29, 0.717) is 6.10 Å². The Bertz CT molecular complexity index is 424. The van der Waals surface area contributed by atoms with Crippen LogP contribution in [0.5, 0.6) is 0 Å². The molecule has 0 aliphatic carbocycles. The van der Waals surface area contributed by atoms with Crippen molar-refractivity contribution >= 4 is 5.97 Å². The number of carboxylic acid groups (broad SMARTS) is 1. The van der Waals surface area contributed by atoms with Gasteiger partial charge in [0.15, 0.2) is 0 Å². The van der Waals surface area contributed by atoms with Gasteiger partial charge in [-0.25, -0.2) is 0 Å². The van der Waals surface area contributed by atoms with Crippen molar-refractivity contribution in [2.75, 3.05) is 13.2 Å². The second-order valence-electron chi connectivity index (χ2n) is 5.42. The topological polar surface area (TPSA) is 58.6 Å². The smallest absolute Gasteiger partial charge is 0.310 e. The van der Waals surface area contributed by atoms with Crippen molar-refractivity contribution in [3.8, 4) is 0 Å². The minimum Gasteiger partial charge on any atom is -0.481 e. The average Bonchev–Trinajstić information content (AvgIpc) is 2.48. The monoisotopic (exact) mass is 277 g/mol. The zero-order chi connectivity index (χ0) is 14.4. The highest BCUT2D eigenvalue weighted by Crippen LogP contribution is 2.16. The number of carboxylic acids is 1. The van der Waals surface area contributed by atoms with Crippen molar-refractivity contribution in [2.45, 2.75) is 44.8 Å². The highest BCUT2D eigenvalue weighted by atomic mass is 16.5. The van der Waals surface area contributed by atoms with Gasteiger partial charge in [0.05, 0.1) is 12.0 Å². The van der Waals surface area contributed by atoms with Crippen molar-refractivity contribution in [1.29, 1.82) is 0 Å². The number of nitrogens with one attached hydrogen (secondary N) is 1. The molecule has 1 aromatic carbocycles. The van der Waals surface area contributed by atoms with Crippen molar-refractivity contribution in [3.05, 3.63) is 35.4 Å². The lowest BCUT2D eigenvalue weighted by atomic mass is 10.00. The van der Waals surface area contributed by atoms with Gasteiger partial charge in [0, 0.05) is 19.7 Å². The van der Waals surface area contributed by atoms with E-state index in [1.807, 2.05) is 24.3 Å². The SMILES string of the molecule is CC(C(=O)O)c1ccc(CNCC2CCCCO2)cc1. The summed E-state index contributed by atoms with van der Waals surface area (Å²) in [4.78, 5) is 10.9. The fraction of sp³-hybridized carbons (Fsp3) is 0.562. The van der Waals surface area contributed by atoms with Crippen LogP contribution < -0.4 is 5.32 Å². The summed E-state index contributed by atoms with van der Waals surface area (Å²) >= 11 is 0. The summed E-state index contributed by atoms with van der Waals surface area (Å²) in [5, 5.41) is 12.4. The number of ether oxygens (including phenoxy) is 1. The van der Waals surface area contributed by atoms with Gasteiger partial charge < -0.3 is 15.2 Å². The minimum atomic E-state index is -0.787. The quantitative estimate of drug-likeness (QED) is 0.839. The average molecular weight is 277 g/mol. The van der Waals surface area contributed by atoms with Crippen LogP contribution in [0.1, 0.15) is 43.2 Å². The fourth-order valence-corrected chi connectivity index (χ4v) is 2.41. The molecule has 0 spiro atoms. The van der Waals surface area contributed by atoms with Gasteiger partial charge in [0.2, 0.25) is 0 Å². The normalized spacial score (nSPS) is 20.6. The molecule has 0 bridgehead atoms. The second kappa shape index (κ2) is 7.41. The first-order chi connectivity index (χ1) is 9.66. The van der Waals surface area contributed by atoms with Gasteiger partial charge in [0.25, 0.3) is 0 Å². The van der Waals surface area contributed by atoms with Gasteiger partial charge in [-0.3, -0.25) is 4.79 Å². The van der Waals surface area contributed by atoms with Gasteiger partial charge in [-0.1, -0.05) is 24.3 Å². The summed E-state index contributed by atoms with van der Waals surface area (Å²) in [6.45, 7) is 4.26. The first kappa shape index (κ1) is 15.0. The van der Waals surface area contributed by atoms with E-state index in [4.69, 9.17) is 9.84 Å². The van der Waals surface area contributed by atoms with Crippen LogP contribution in [0.3, 0.4) is 0 Å². The molecule has 0 aromatic heterocycles. The van der Waals surface area contributed by atoms with Crippen LogP contribution in [0.2, 0.25) is 0 Å². The third kappa shape index (κ3) is 4.32. The molecule has 4 nitrogen and oxygen atoms in total. The number of aliphatic carboxylic acids is 1. The Morgan fingerprint density at radius 3 is 2.75 bits per heavy atom. The highest BCUT2D eigenvalue weighted by Gasteiger charge is 2.14. The summed E-state index contributed by atoms with van der Waals surface area (Å²) in [6, 6.07) is 7.77. The van der Waals surface area contributed by atoms with Gasteiger partial charge >= 0.3 is 5.97 Å². The number of carbonyl (C=O) groups is 1. The summed E-state index contributed by atoms with van der Waals surface area (Å²) in [5.74, 6) is -1.24. The molecule has 1 saturated heterocycles. The molecule has 1 aromatic rings. The molecule has 2 N–H and O–H groups in total. The van der Waals surface area contributed by atoms with Crippen molar-refractivity contribution in [3.63, 3.8) is 0 Å². The molecule has 2 atom stereocenters. The Morgan fingerprint density at radius 2 is 2.15 bits per heavy atom. The van der Waals surface area contributed by atoms with Crippen LogP contribution in [0.15, 0.2) is 24.3 Å². The van der Waals surface area contributed by atoms with E-state index < -0.39 is 11.9 Å². The molecule has 0 amide bonds. The first-order valence-corrected chi connectivity index (χ1v) is 7.31. The maximum atomic E-state index is 10.9. The molecule has 20 heavy (non-hydrogen) atoms. The fourth-order valence-electron chi connectivity index (χ4n) is 2.41. The standard InChI is InChI=1S/C16H23NO3/c1-12(16(18)19)14-7-5-13(6-8-14)10-17-11-15-4-2-3-9-20-15/h5-8,12,15,17H,2-4,9-11H2,1H3,(H,18,19). The van der Waals surface area contributed by atoms with E-state index >= 15 is 0 Å². The summed E-state index contributed by atoms with van der Waals surface area (Å²) < 4.78 is 5.67. The number of hydrogen-bond acceptors (Lipinski definition) is 3. The van der Waals surface area contributed by atoms with Crippen LogP contribution in [0, 0.1) is 0 Å². The molecular formula is C16H23NO3. The molecule has 1 aliphatic rings. The van der Waals surface area contributed by atoms with Crippen LogP contribution in [0.4, 0.5) is 0 Å². The predicted molar refractivity (Wildman–Crippen MR) is 77.8 cm³/mol. The second-order valence-corrected chi connectivity index (χ2v) is 5.42. The molecule has 1 heterocycles. The maximum Gasteiger partial charge on any atom is 0.310 e. The van der Waals surface area contributed by atoms with Crippen molar-refractivity contribution in [1.82, 2.24) is 5.32 Å². The van der Waals surface area contributed by atoms with E-state index in [1.54, 1.807) is 6.92 Å². The van der Waals surface area contributed by atoms with E-state index in [-0.39, 0.29) is 0 Å². The summed E-state index contributed by atoms with van der Waals surface area (Å²) in [6.07, 6.45) is 3.92. The molecule has 1 aliphatic heterocycles. The largest absolute Gasteiger partial charge is 0.481 e. The molecule has 0 saturated carbocycles. The van der Waals surface area contributed by atoms with Crippen LogP contribution in [-0.2, 0) is 16.1 Å². The summed E-state index contributed by atoms with van der Waals surface area (Å²) in [7, 11) is 0. The number of hydrogen-bond donors (Lipinski definition) is 2. The summed E-state index contributed by atoms with van der Waals surface area (Å²) in [5.41, 5.74) is 2.01. The zero-order valence-corrected chi connectivity index (χ0v) is 12.0. The lowest BCUT2D eigenvalue weighted by Gasteiger charge is -2.22. The highest BCUT2D eigenvalue weighted by molar-refractivity contribution is 5.75. The first-order valence-electron chi connectivity index (χ1n) is 7.31. The Morgan fingerprint density at radius 1 is 1.40 bits per heavy atom. The Kier molecular flexibility index (Phi) is 5.56. The Balaban J connectivity index is 1.77. The molecule has 110 valence electrons. The molecule has 2 rings (SSSR count). The lowest BCUT2D eigenvalue weighted by Crippen LogP contribution is -2.31. The van der Waals surface area contributed by atoms with Gasteiger partial charge in [0.1, 0.15) is 0 Å². The lowest BCUT2D eigenvalue weighted by molar-refractivity contribution is -0.138. The zero-order valence-electron chi connectivity index (χ0n) is 12.0. The van der Waals surface area contributed by atoms with Crippen LogP contribution in [0.25, 0.3) is 0 Å². The Labute approximate surface area is 120 Å². The van der Waals surface area contributed by atoms with Gasteiger partial charge in [-0.05, 0) is 37.3 Å².